The van der Waals surface area contributed by atoms with Gasteiger partial charge in [0.05, 0.1) is 10.4 Å². The van der Waals surface area contributed by atoms with Crippen molar-refractivity contribution in [1.29, 1.82) is 0 Å². The van der Waals surface area contributed by atoms with Crippen LogP contribution in [0.2, 0.25) is 5.02 Å². The minimum atomic E-state index is -0.738. The number of carbonyl (C=O) groups is 2. The van der Waals surface area contributed by atoms with Gasteiger partial charge in [-0.1, -0.05) is 17.7 Å². The molecule has 1 N–H and O–H groups in total. The van der Waals surface area contributed by atoms with Crippen molar-refractivity contribution >= 4 is 34.3 Å². The number of amides is 1. The number of hydrogen-bond donors (Lipinski definition) is 1. The topological polar surface area (TPSA) is 85.6 Å². The number of ketones is 1. The van der Waals surface area contributed by atoms with Gasteiger partial charge >= 0.3 is 0 Å². The van der Waals surface area contributed by atoms with Crippen LogP contribution in [0.4, 0.5) is 8.78 Å². The lowest BCUT2D eigenvalue weighted by Crippen LogP contribution is -2.75. The second-order valence-corrected chi connectivity index (χ2v) is 9.80. The van der Waals surface area contributed by atoms with Crippen molar-refractivity contribution in [3.8, 4) is 5.75 Å². The number of aryl methyl sites for hydroxylation is 1. The number of carbonyl (C=O) groups excluding carboxylic acids is 2. The fraction of sp³-hybridized carbons (Fsp3) is 0.320. The average Bonchev–Trinajstić information content (AvgIpc) is 2.73. The van der Waals surface area contributed by atoms with E-state index in [4.69, 9.17) is 20.8 Å². The normalized spacial score (nSPS) is 22.6. The summed E-state index contributed by atoms with van der Waals surface area (Å²) in [5.74, 6) is -1.60. The molecule has 1 aromatic heterocycles. The minimum absolute atomic E-state index is 0.0150. The Morgan fingerprint density at radius 2 is 1.85 bits per heavy atom. The SMILES string of the molecule is Cc1ccc(OCC(=O)NC23CC(CC(=O)c4cc(=O)c5cc(F)c(Cl)cc5o4)(C2)C3)cc1F. The molecule has 3 aromatic rings. The number of Topliss-reactive ketones (excluding diaryl/α,β-unsaturated/α-hetero) is 1. The number of fused-ring (bicyclic) bond motifs is 1. The molecule has 1 amide bonds. The second-order valence-electron chi connectivity index (χ2n) is 9.40. The maximum absolute atomic E-state index is 13.6. The Bertz CT molecular complexity index is 1400. The molecule has 0 radical (unpaired) electrons. The summed E-state index contributed by atoms with van der Waals surface area (Å²) in [5, 5.41) is 2.76. The van der Waals surface area contributed by atoms with Crippen LogP contribution in [0.5, 0.6) is 5.75 Å². The molecule has 1 heterocycles. The van der Waals surface area contributed by atoms with Gasteiger partial charge in [0, 0.05) is 30.2 Å². The lowest BCUT2D eigenvalue weighted by molar-refractivity contribution is -0.164. The highest BCUT2D eigenvalue weighted by Crippen LogP contribution is 2.69. The second kappa shape index (κ2) is 7.91. The molecule has 2 aromatic carbocycles. The van der Waals surface area contributed by atoms with Crippen molar-refractivity contribution in [1.82, 2.24) is 5.32 Å². The lowest BCUT2D eigenvalue weighted by Gasteiger charge is -2.70. The van der Waals surface area contributed by atoms with Crippen molar-refractivity contribution < 1.29 is 27.5 Å². The Balaban J connectivity index is 1.17. The Morgan fingerprint density at radius 3 is 2.56 bits per heavy atom. The molecule has 3 aliphatic carbocycles. The molecule has 6 nitrogen and oxygen atoms in total. The summed E-state index contributed by atoms with van der Waals surface area (Å²) < 4.78 is 38.1. The Kier molecular flexibility index (Phi) is 5.24. The summed E-state index contributed by atoms with van der Waals surface area (Å²) in [7, 11) is 0. The van der Waals surface area contributed by atoms with Crippen LogP contribution in [0.1, 0.15) is 41.8 Å². The molecule has 3 aliphatic rings. The number of ether oxygens (including phenoxy) is 1. The number of rotatable bonds is 7. The first-order valence-electron chi connectivity index (χ1n) is 10.7. The van der Waals surface area contributed by atoms with Crippen LogP contribution >= 0.6 is 11.6 Å². The Labute approximate surface area is 197 Å². The molecule has 0 atom stereocenters. The molecular weight excluding hydrogens is 468 g/mol. The predicted octanol–water partition coefficient (Wildman–Crippen LogP) is 4.72. The van der Waals surface area contributed by atoms with Crippen molar-refractivity contribution in [3.05, 3.63) is 74.6 Å². The first-order chi connectivity index (χ1) is 16.1. The maximum Gasteiger partial charge on any atom is 0.258 e. The molecule has 0 unspecified atom stereocenters. The number of nitrogens with one attached hydrogen (secondary N) is 1. The highest BCUT2D eigenvalue weighted by molar-refractivity contribution is 6.31. The van der Waals surface area contributed by atoms with E-state index in [0.29, 0.717) is 24.8 Å². The van der Waals surface area contributed by atoms with Gasteiger partial charge in [-0.25, -0.2) is 8.78 Å². The molecule has 9 heteroatoms. The zero-order valence-corrected chi connectivity index (χ0v) is 18.9. The molecule has 3 saturated carbocycles. The van der Waals surface area contributed by atoms with E-state index < -0.39 is 17.1 Å². The van der Waals surface area contributed by atoms with Crippen LogP contribution in [0.15, 0.2) is 45.6 Å². The summed E-state index contributed by atoms with van der Waals surface area (Å²) in [4.78, 5) is 37.4. The highest BCUT2D eigenvalue weighted by Gasteiger charge is 2.68. The van der Waals surface area contributed by atoms with E-state index >= 15 is 0 Å². The van der Waals surface area contributed by atoms with Crippen molar-refractivity contribution in [2.24, 2.45) is 5.41 Å². The number of halogens is 3. The molecular formula is C25H20ClF2NO5. The van der Waals surface area contributed by atoms with Crippen LogP contribution in [-0.2, 0) is 4.79 Å². The van der Waals surface area contributed by atoms with E-state index in [1.54, 1.807) is 19.1 Å². The van der Waals surface area contributed by atoms with Crippen molar-refractivity contribution in [2.75, 3.05) is 6.61 Å². The third-order valence-electron chi connectivity index (χ3n) is 6.64. The van der Waals surface area contributed by atoms with E-state index in [2.05, 4.69) is 5.32 Å². The van der Waals surface area contributed by atoms with Crippen LogP contribution in [-0.4, -0.2) is 23.8 Å². The molecule has 34 heavy (non-hydrogen) atoms. The average molecular weight is 488 g/mol. The standard InChI is InChI=1S/C25H20ClF2NO5/c1-13-2-3-14(4-17(13)27)33-9-23(32)29-25-10-24(11-25,12-25)8-20(31)22-7-19(30)15-5-18(28)16(26)6-21(15)34-22/h2-7H,8-12H2,1H3,(H,29,32). The van der Waals surface area contributed by atoms with Gasteiger partial charge in [0.2, 0.25) is 0 Å². The van der Waals surface area contributed by atoms with Crippen LogP contribution in [0.25, 0.3) is 11.0 Å². The van der Waals surface area contributed by atoms with Crippen molar-refractivity contribution in [2.45, 2.75) is 38.1 Å². The summed E-state index contributed by atoms with van der Waals surface area (Å²) in [6.45, 7) is 1.40. The fourth-order valence-electron chi connectivity index (χ4n) is 5.18. The van der Waals surface area contributed by atoms with E-state index in [1.807, 2.05) is 0 Å². The van der Waals surface area contributed by atoms with E-state index in [-0.39, 0.29) is 63.2 Å². The monoisotopic (exact) mass is 487 g/mol. The number of benzene rings is 2. The summed E-state index contributed by atoms with van der Waals surface area (Å²) in [6.07, 6.45) is 2.07. The van der Waals surface area contributed by atoms with Gasteiger partial charge in [-0.2, -0.15) is 0 Å². The number of hydrogen-bond acceptors (Lipinski definition) is 5. The van der Waals surface area contributed by atoms with Crippen LogP contribution < -0.4 is 15.5 Å². The third kappa shape index (κ3) is 3.96. The Hall–Kier alpha value is -3.26. The zero-order valence-electron chi connectivity index (χ0n) is 18.2. The fourth-order valence-corrected chi connectivity index (χ4v) is 5.33. The Morgan fingerprint density at radius 1 is 1.12 bits per heavy atom. The van der Waals surface area contributed by atoms with Gasteiger partial charge in [-0.3, -0.25) is 14.4 Å². The molecule has 0 spiro atoms. The zero-order chi connectivity index (χ0) is 24.3. The molecule has 6 rings (SSSR count). The largest absolute Gasteiger partial charge is 0.484 e. The maximum atomic E-state index is 13.6. The molecule has 0 saturated heterocycles. The van der Waals surface area contributed by atoms with Gasteiger partial charge in [-0.05, 0) is 49.3 Å². The van der Waals surface area contributed by atoms with Crippen LogP contribution in [0.3, 0.4) is 0 Å². The first kappa shape index (κ1) is 22.5. The molecule has 3 fully saturated rings. The summed E-state index contributed by atoms with van der Waals surface area (Å²) in [6, 6.07) is 7.66. The van der Waals surface area contributed by atoms with E-state index in [9.17, 15) is 23.2 Å². The van der Waals surface area contributed by atoms with Gasteiger partial charge in [0.15, 0.2) is 23.6 Å². The smallest absolute Gasteiger partial charge is 0.258 e. The van der Waals surface area contributed by atoms with Gasteiger partial charge in [0.1, 0.15) is 23.0 Å². The summed E-state index contributed by atoms with van der Waals surface area (Å²) in [5.41, 5.74) is -0.591. The minimum Gasteiger partial charge on any atom is -0.484 e. The highest BCUT2D eigenvalue weighted by atomic mass is 35.5. The van der Waals surface area contributed by atoms with E-state index in [1.165, 1.54) is 12.1 Å². The lowest BCUT2D eigenvalue weighted by atomic mass is 9.38. The van der Waals surface area contributed by atoms with E-state index in [0.717, 1.165) is 12.1 Å². The molecule has 2 bridgehead atoms. The molecule has 0 aliphatic heterocycles. The summed E-state index contributed by atoms with van der Waals surface area (Å²) >= 11 is 5.76. The van der Waals surface area contributed by atoms with Gasteiger partial charge in [0.25, 0.3) is 5.91 Å². The third-order valence-corrected chi connectivity index (χ3v) is 6.93. The van der Waals surface area contributed by atoms with Crippen molar-refractivity contribution in [3.63, 3.8) is 0 Å². The predicted molar refractivity (Wildman–Crippen MR) is 120 cm³/mol. The quantitative estimate of drug-likeness (QED) is 0.487. The van der Waals surface area contributed by atoms with Gasteiger partial charge < -0.3 is 14.5 Å². The van der Waals surface area contributed by atoms with Crippen LogP contribution in [0, 0.1) is 24.0 Å². The van der Waals surface area contributed by atoms with Gasteiger partial charge in [-0.15, -0.1) is 0 Å². The first-order valence-corrected chi connectivity index (χ1v) is 11.1. The molecule has 176 valence electrons.